The molecule has 37 heavy (non-hydrogen) atoms. The maximum Gasteiger partial charge on any atom is 0.357 e. The predicted octanol–water partition coefficient (Wildman–Crippen LogP) is 4.94. The topological polar surface area (TPSA) is 102 Å². The van der Waals surface area contributed by atoms with E-state index in [1.54, 1.807) is 40.1 Å². The first-order valence-corrected chi connectivity index (χ1v) is 11.5. The molecule has 0 N–H and O–H groups in total. The van der Waals surface area contributed by atoms with Gasteiger partial charge in [-0.1, -0.05) is 31.2 Å². The molecule has 5 rings (SSSR count). The zero-order valence-corrected chi connectivity index (χ0v) is 19.7. The molecule has 0 atom stereocenters. The Balaban J connectivity index is 0.00000320. The van der Waals surface area contributed by atoms with E-state index in [1.807, 2.05) is 0 Å². The van der Waals surface area contributed by atoms with Crippen LogP contribution in [0.2, 0.25) is 5.02 Å². The van der Waals surface area contributed by atoms with E-state index in [-0.39, 0.29) is 57.5 Å². The van der Waals surface area contributed by atoms with Crippen molar-refractivity contribution in [2.24, 2.45) is 0 Å². The van der Waals surface area contributed by atoms with E-state index in [9.17, 15) is 24.1 Å². The Morgan fingerprint density at radius 3 is 2.41 bits per heavy atom. The van der Waals surface area contributed by atoms with Crippen LogP contribution in [0.25, 0.3) is 10.9 Å². The summed E-state index contributed by atoms with van der Waals surface area (Å²) in [5.41, 5.74) is -0.103. The fraction of sp³-hybridized carbons (Fsp3) is 0.231. The van der Waals surface area contributed by atoms with Gasteiger partial charge in [-0.25, -0.2) is 4.39 Å². The zero-order chi connectivity index (χ0) is 25.4. The minimum atomic E-state index is -0.775. The quantitative estimate of drug-likeness (QED) is 0.269. The summed E-state index contributed by atoms with van der Waals surface area (Å²) in [7, 11) is 0. The number of furan rings is 1. The SMILES string of the molecule is C.O=C(c1ccco1)N1CCN(c2c([N+](=O)[O-])c(=O)n(Cc3ccc(F)cc3)c3ccc(Cl)cc23)CC1. The Kier molecular flexibility index (Phi) is 7.30. The monoisotopic (exact) mass is 526 g/mol. The van der Waals surface area contributed by atoms with E-state index >= 15 is 0 Å². The number of pyridine rings is 1. The molecule has 11 heteroatoms. The highest BCUT2D eigenvalue weighted by Crippen LogP contribution is 2.36. The average Bonchev–Trinajstić information content (AvgIpc) is 3.41. The number of hydrogen-bond donors (Lipinski definition) is 0. The maximum atomic E-state index is 13.5. The number of carbonyl (C=O) groups excluding carboxylic acids is 1. The number of fused-ring (bicyclic) bond motifs is 1. The average molecular weight is 527 g/mol. The summed E-state index contributed by atoms with van der Waals surface area (Å²) in [6.45, 7) is 1.14. The minimum absolute atomic E-state index is 0. The molecule has 9 nitrogen and oxygen atoms in total. The molecule has 0 radical (unpaired) electrons. The van der Waals surface area contributed by atoms with Crippen LogP contribution in [-0.2, 0) is 6.54 Å². The fourth-order valence-electron chi connectivity index (χ4n) is 4.50. The van der Waals surface area contributed by atoms with Gasteiger partial charge < -0.3 is 14.2 Å². The first kappa shape index (κ1) is 25.9. The van der Waals surface area contributed by atoms with Gasteiger partial charge in [0.2, 0.25) is 0 Å². The van der Waals surface area contributed by atoms with Crippen LogP contribution in [0, 0.1) is 15.9 Å². The largest absolute Gasteiger partial charge is 0.459 e. The van der Waals surface area contributed by atoms with Crippen LogP contribution >= 0.6 is 11.6 Å². The maximum absolute atomic E-state index is 13.5. The Hall–Kier alpha value is -4.18. The van der Waals surface area contributed by atoms with E-state index in [0.717, 1.165) is 0 Å². The number of aromatic nitrogens is 1. The Labute approximate surface area is 216 Å². The van der Waals surface area contributed by atoms with Gasteiger partial charge in [-0.05, 0) is 48.0 Å². The molecule has 1 saturated heterocycles. The molecular weight excluding hydrogens is 503 g/mol. The minimum Gasteiger partial charge on any atom is -0.459 e. The standard InChI is InChI=1S/C25H20ClFN4O5.CH4/c26-17-5-8-20-19(14-17)22(28-9-11-29(12-10-28)24(32)21-2-1-13-36-21)23(31(34)35)25(33)30(20)15-16-3-6-18(27)7-4-16;/h1-8,13-14H,9-12,15H2;1H4. The molecule has 0 spiro atoms. The summed E-state index contributed by atoms with van der Waals surface area (Å²) in [5, 5.41) is 13.0. The van der Waals surface area contributed by atoms with Crippen LogP contribution in [0.5, 0.6) is 0 Å². The van der Waals surface area contributed by atoms with Crippen molar-refractivity contribution in [2.75, 3.05) is 31.1 Å². The van der Waals surface area contributed by atoms with Gasteiger partial charge in [0, 0.05) is 36.6 Å². The number of benzene rings is 2. The van der Waals surface area contributed by atoms with Crippen molar-refractivity contribution < 1.29 is 18.5 Å². The number of halogens is 2. The van der Waals surface area contributed by atoms with Crippen LogP contribution in [0.1, 0.15) is 23.5 Å². The van der Waals surface area contributed by atoms with Crippen molar-refractivity contribution in [3.05, 3.63) is 103 Å². The molecular formula is C26H24ClFN4O5. The summed E-state index contributed by atoms with van der Waals surface area (Å²) in [4.78, 5) is 41.0. The van der Waals surface area contributed by atoms with Gasteiger partial charge in [-0.2, -0.15) is 0 Å². The highest BCUT2D eigenvalue weighted by Gasteiger charge is 2.32. The Bertz CT molecular complexity index is 1510. The number of anilines is 1. The van der Waals surface area contributed by atoms with Crippen molar-refractivity contribution in [1.29, 1.82) is 0 Å². The van der Waals surface area contributed by atoms with Gasteiger partial charge in [0.25, 0.3) is 5.91 Å². The second-order valence-corrected chi connectivity index (χ2v) is 8.83. The van der Waals surface area contributed by atoms with Crippen LogP contribution in [0.3, 0.4) is 0 Å². The van der Waals surface area contributed by atoms with E-state index in [4.69, 9.17) is 16.0 Å². The normalized spacial score (nSPS) is 13.5. The van der Waals surface area contributed by atoms with Gasteiger partial charge in [-0.15, -0.1) is 0 Å². The summed E-state index contributed by atoms with van der Waals surface area (Å²) in [6.07, 6.45) is 1.42. The van der Waals surface area contributed by atoms with Gasteiger partial charge in [0.1, 0.15) is 11.5 Å². The molecule has 1 aliphatic heterocycles. The van der Waals surface area contributed by atoms with Crippen LogP contribution in [-0.4, -0.2) is 46.5 Å². The van der Waals surface area contributed by atoms with Crippen LogP contribution in [0.4, 0.5) is 15.8 Å². The number of piperazine rings is 1. The van der Waals surface area contributed by atoms with Crippen molar-refractivity contribution in [2.45, 2.75) is 14.0 Å². The van der Waals surface area contributed by atoms with Crippen molar-refractivity contribution in [1.82, 2.24) is 9.47 Å². The first-order valence-electron chi connectivity index (χ1n) is 11.2. The lowest BCUT2D eigenvalue weighted by molar-refractivity contribution is -0.385. The summed E-state index contributed by atoms with van der Waals surface area (Å²) in [5.74, 6) is -0.472. The molecule has 0 saturated carbocycles. The molecule has 1 amide bonds. The number of rotatable bonds is 5. The molecule has 0 aliphatic carbocycles. The predicted molar refractivity (Wildman–Crippen MR) is 139 cm³/mol. The van der Waals surface area contributed by atoms with Crippen molar-refractivity contribution in [3.63, 3.8) is 0 Å². The van der Waals surface area contributed by atoms with Crippen molar-refractivity contribution in [3.8, 4) is 0 Å². The molecule has 4 aromatic rings. The molecule has 0 unspecified atom stereocenters. The van der Waals surface area contributed by atoms with Gasteiger partial charge in [0.15, 0.2) is 5.76 Å². The molecule has 2 aromatic heterocycles. The number of nitrogens with zero attached hydrogens (tertiary/aromatic N) is 4. The smallest absolute Gasteiger partial charge is 0.357 e. The lowest BCUT2D eigenvalue weighted by Crippen LogP contribution is -2.49. The van der Waals surface area contributed by atoms with Crippen molar-refractivity contribution >= 4 is 39.8 Å². The third-order valence-electron chi connectivity index (χ3n) is 6.23. The van der Waals surface area contributed by atoms with Gasteiger partial charge in [0.05, 0.1) is 23.2 Å². The number of carbonyl (C=O) groups is 1. The molecule has 192 valence electrons. The Morgan fingerprint density at radius 1 is 1.08 bits per heavy atom. The summed E-state index contributed by atoms with van der Waals surface area (Å²) < 4.78 is 19.9. The van der Waals surface area contributed by atoms with Gasteiger partial charge in [-0.3, -0.25) is 24.3 Å². The lowest BCUT2D eigenvalue weighted by atomic mass is 10.1. The molecule has 0 bridgehead atoms. The summed E-state index contributed by atoms with van der Waals surface area (Å²) >= 11 is 6.27. The Morgan fingerprint density at radius 2 is 1.78 bits per heavy atom. The second-order valence-electron chi connectivity index (χ2n) is 8.39. The summed E-state index contributed by atoms with van der Waals surface area (Å²) in [6, 6.07) is 13.7. The van der Waals surface area contributed by atoms with E-state index in [0.29, 0.717) is 21.5 Å². The molecule has 3 heterocycles. The molecule has 1 fully saturated rings. The third kappa shape index (κ3) is 4.92. The number of nitro groups is 1. The van der Waals surface area contributed by atoms with E-state index in [2.05, 4.69) is 0 Å². The van der Waals surface area contributed by atoms with Crippen LogP contribution in [0.15, 0.2) is 70.1 Å². The fourth-order valence-corrected chi connectivity index (χ4v) is 4.67. The molecule has 2 aromatic carbocycles. The highest BCUT2D eigenvalue weighted by atomic mass is 35.5. The lowest BCUT2D eigenvalue weighted by Gasteiger charge is -2.36. The number of amides is 1. The first-order chi connectivity index (χ1) is 17.3. The van der Waals surface area contributed by atoms with E-state index < -0.39 is 22.0 Å². The zero-order valence-electron chi connectivity index (χ0n) is 18.9. The van der Waals surface area contributed by atoms with Gasteiger partial charge >= 0.3 is 11.2 Å². The van der Waals surface area contributed by atoms with E-state index in [1.165, 1.54) is 35.1 Å². The molecule has 1 aliphatic rings. The van der Waals surface area contributed by atoms with Crippen LogP contribution < -0.4 is 10.5 Å². The second kappa shape index (κ2) is 10.4. The highest BCUT2D eigenvalue weighted by molar-refractivity contribution is 6.31. The number of hydrogen-bond acceptors (Lipinski definition) is 6. The third-order valence-corrected chi connectivity index (χ3v) is 6.46.